The number of ether oxygens (including phenoxy) is 3. The molecule has 1 N–H and O–H groups in total. The highest BCUT2D eigenvalue weighted by atomic mass is 16.5. The molecule has 0 radical (unpaired) electrons. The summed E-state index contributed by atoms with van der Waals surface area (Å²) in [5, 5.41) is 3.05. The number of carbonyl (C=O) groups excluding carboxylic acids is 2. The predicted octanol–water partition coefficient (Wildman–Crippen LogP) is 4.67. The van der Waals surface area contributed by atoms with Crippen LogP contribution in [0.5, 0.6) is 17.2 Å². The number of rotatable bonds is 13. The summed E-state index contributed by atoms with van der Waals surface area (Å²) >= 11 is 0. The average Bonchev–Trinajstić information content (AvgIpc) is 2.94. The standard InChI is InChI=1S/C31H38N2O5/c1-22(2)20-32-31(35)27(17-23-9-7-6-8-10-23)33(21-24-11-14-26(36-3)15-12-24)30(34)19-25-13-16-28(37-4)29(18-25)38-5/h6-16,18,22,27H,17,19-21H2,1-5H3,(H,32,35)/t27-/m1/s1. The van der Waals surface area contributed by atoms with Crippen molar-refractivity contribution in [2.45, 2.75) is 39.3 Å². The number of nitrogens with one attached hydrogen (secondary N) is 1. The van der Waals surface area contributed by atoms with Crippen molar-refractivity contribution < 1.29 is 23.8 Å². The molecule has 0 fully saturated rings. The third-order valence-electron chi connectivity index (χ3n) is 6.27. The van der Waals surface area contributed by atoms with Crippen LogP contribution in [0.2, 0.25) is 0 Å². The highest BCUT2D eigenvalue weighted by Gasteiger charge is 2.30. The predicted molar refractivity (Wildman–Crippen MR) is 149 cm³/mol. The van der Waals surface area contributed by atoms with Crippen molar-refractivity contribution in [1.82, 2.24) is 10.2 Å². The monoisotopic (exact) mass is 518 g/mol. The van der Waals surface area contributed by atoms with Gasteiger partial charge in [0.15, 0.2) is 11.5 Å². The molecule has 0 saturated carbocycles. The van der Waals surface area contributed by atoms with E-state index < -0.39 is 6.04 Å². The highest BCUT2D eigenvalue weighted by Crippen LogP contribution is 2.28. The minimum atomic E-state index is -0.689. The Morgan fingerprint density at radius 2 is 1.45 bits per heavy atom. The summed E-state index contributed by atoms with van der Waals surface area (Å²) < 4.78 is 16.1. The lowest BCUT2D eigenvalue weighted by molar-refractivity contribution is -0.140. The minimum Gasteiger partial charge on any atom is -0.497 e. The lowest BCUT2D eigenvalue weighted by Crippen LogP contribution is -2.51. The van der Waals surface area contributed by atoms with Crippen LogP contribution in [0.1, 0.15) is 30.5 Å². The molecule has 0 bridgehead atoms. The molecular formula is C31H38N2O5. The van der Waals surface area contributed by atoms with E-state index in [0.717, 1.165) is 22.4 Å². The fourth-order valence-electron chi connectivity index (χ4n) is 4.17. The maximum atomic E-state index is 13.9. The van der Waals surface area contributed by atoms with Crippen LogP contribution < -0.4 is 19.5 Å². The Hall–Kier alpha value is -4.00. The van der Waals surface area contributed by atoms with Crippen molar-refractivity contribution in [2.75, 3.05) is 27.9 Å². The first-order valence-electron chi connectivity index (χ1n) is 12.8. The van der Waals surface area contributed by atoms with E-state index >= 15 is 0 Å². The minimum absolute atomic E-state index is 0.110. The molecule has 3 aromatic carbocycles. The second-order valence-electron chi connectivity index (χ2n) is 9.58. The van der Waals surface area contributed by atoms with E-state index in [1.165, 1.54) is 0 Å². The molecular weight excluding hydrogens is 480 g/mol. The van der Waals surface area contributed by atoms with Gasteiger partial charge in [-0.1, -0.05) is 62.4 Å². The molecule has 0 aliphatic rings. The maximum Gasteiger partial charge on any atom is 0.243 e. The van der Waals surface area contributed by atoms with Gasteiger partial charge in [0.05, 0.1) is 27.8 Å². The molecule has 0 unspecified atom stereocenters. The van der Waals surface area contributed by atoms with Gasteiger partial charge in [0.25, 0.3) is 0 Å². The van der Waals surface area contributed by atoms with E-state index in [1.54, 1.807) is 38.4 Å². The number of benzene rings is 3. The first-order chi connectivity index (χ1) is 18.3. The molecule has 202 valence electrons. The van der Waals surface area contributed by atoms with E-state index in [-0.39, 0.29) is 30.7 Å². The van der Waals surface area contributed by atoms with Crippen LogP contribution in [0, 0.1) is 5.92 Å². The second kappa shape index (κ2) is 14.1. The Labute approximate surface area is 225 Å². The van der Waals surface area contributed by atoms with E-state index in [9.17, 15) is 9.59 Å². The molecule has 1 atom stereocenters. The number of methoxy groups -OCH3 is 3. The van der Waals surface area contributed by atoms with Crippen molar-refractivity contribution in [1.29, 1.82) is 0 Å². The second-order valence-corrected chi connectivity index (χ2v) is 9.58. The molecule has 0 aromatic heterocycles. The van der Waals surface area contributed by atoms with Crippen LogP contribution >= 0.6 is 0 Å². The van der Waals surface area contributed by atoms with Gasteiger partial charge in [-0.3, -0.25) is 9.59 Å². The molecule has 7 heteroatoms. The average molecular weight is 519 g/mol. The molecule has 0 saturated heterocycles. The zero-order valence-electron chi connectivity index (χ0n) is 22.9. The third kappa shape index (κ3) is 8.00. The topological polar surface area (TPSA) is 77.1 Å². The lowest BCUT2D eigenvalue weighted by atomic mass is 10.0. The molecule has 38 heavy (non-hydrogen) atoms. The molecule has 0 spiro atoms. The van der Waals surface area contributed by atoms with Crippen LogP contribution in [-0.4, -0.2) is 50.6 Å². The Kier molecular flexibility index (Phi) is 10.6. The van der Waals surface area contributed by atoms with Gasteiger partial charge < -0.3 is 24.4 Å². The van der Waals surface area contributed by atoms with Crippen LogP contribution in [-0.2, 0) is 29.0 Å². The first-order valence-corrected chi connectivity index (χ1v) is 12.8. The fraction of sp³-hybridized carbons (Fsp3) is 0.355. The van der Waals surface area contributed by atoms with Gasteiger partial charge >= 0.3 is 0 Å². The first kappa shape index (κ1) is 28.6. The van der Waals surface area contributed by atoms with Gasteiger partial charge in [-0.15, -0.1) is 0 Å². The highest BCUT2D eigenvalue weighted by molar-refractivity contribution is 5.89. The maximum absolute atomic E-state index is 13.9. The van der Waals surface area contributed by atoms with E-state index in [4.69, 9.17) is 14.2 Å². The van der Waals surface area contributed by atoms with Crippen LogP contribution in [0.4, 0.5) is 0 Å². The number of hydrogen-bond acceptors (Lipinski definition) is 5. The van der Waals surface area contributed by atoms with Crippen LogP contribution in [0.15, 0.2) is 72.8 Å². The van der Waals surface area contributed by atoms with Crippen molar-refractivity contribution in [3.8, 4) is 17.2 Å². The summed E-state index contributed by atoms with van der Waals surface area (Å²) in [6, 6.07) is 22.1. The number of hydrogen-bond donors (Lipinski definition) is 1. The van der Waals surface area contributed by atoms with Gasteiger partial charge in [-0.05, 0) is 46.9 Å². The number of nitrogens with zero attached hydrogens (tertiary/aromatic N) is 1. The molecule has 0 heterocycles. The molecule has 7 nitrogen and oxygen atoms in total. The molecule has 3 rings (SSSR count). The van der Waals surface area contributed by atoms with Crippen molar-refractivity contribution in [3.05, 3.63) is 89.5 Å². The lowest BCUT2D eigenvalue weighted by Gasteiger charge is -2.32. The van der Waals surface area contributed by atoms with Gasteiger partial charge in [0, 0.05) is 19.5 Å². The van der Waals surface area contributed by atoms with E-state index in [2.05, 4.69) is 5.32 Å². The summed E-state index contributed by atoms with van der Waals surface area (Å²) in [5.41, 5.74) is 2.66. The molecule has 0 aliphatic carbocycles. The van der Waals surface area contributed by atoms with Gasteiger partial charge in [0.1, 0.15) is 11.8 Å². The van der Waals surface area contributed by atoms with Crippen LogP contribution in [0.25, 0.3) is 0 Å². The SMILES string of the molecule is COc1ccc(CN(C(=O)Cc2ccc(OC)c(OC)c2)[C@H](Cc2ccccc2)C(=O)NCC(C)C)cc1. The zero-order valence-corrected chi connectivity index (χ0v) is 22.9. The summed E-state index contributed by atoms with van der Waals surface area (Å²) in [7, 11) is 4.75. The summed E-state index contributed by atoms with van der Waals surface area (Å²) in [6.07, 6.45) is 0.512. The van der Waals surface area contributed by atoms with Gasteiger partial charge in [-0.25, -0.2) is 0 Å². The smallest absolute Gasteiger partial charge is 0.243 e. The van der Waals surface area contributed by atoms with Gasteiger partial charge in [-0.2, -0.15) is 0 Å². The van der Waals surface area contributed by atoms with Crippen molar-refractivity contribution in [2.24, 2.45) is 5.92 Å². The number of amides is 2. The summed E-state index contributed by atoms with van der Waals surface area (Å²) in [5.74, 6) is 1.83. The number of carbonyl (C=O) groups is 2. The molecule has 0 aliphatic heterocycles. The summed E-state index contributed by atoms with van der Waals surface area (Å²) in [6.45, 7) is 4.90. The fourth-order valence-corrected chi connectivity index (χ4v) is 4.17. The molecule has 2 amide bonds. The van der Waals surface area contributed by atoms with Crippen molar-refractivity contribution >= 4 is 11.8 Å². The Morgan fingerprint density at radius 3 is 2.05 bits per heavy atom. The van der Waals surface area contributed by atoms with Gasteiger partial charge in [0.2, 0.25) is 11.8 Å². The molecule has 3 aromatic rings. The van der Waals surface area contributed by atoms with E-state index in [0.29, 0.717) is 24.5 Å². The summed E-state index contributed by atoms with van der Waals surface area (Å²) in [4.78, 5) is 29.2. The van der Waals surface area contributed by atoms with Crippen LogP contribution in [0.3, 0.4) is 0 Å². The quantitative estimate of drug-likeness (QED) is 0.356. The third-order valence-corrected chi connectivity index (χ3v) is 6.27. The Morgan fingerprint density at radius 1 is 0.789 bits per heavy atom. The zero-order chi connectivity index (χ0) is 27.5. The largest absolute Gasteiger partial charge is 0.497 e. The Balaban J connectivity index is 1.97. The van der Waals surface area contributed by atoms with Crippen molar-refractivity contribution in [3.63, 3.8) is 0 Å². The van der Waals surface area contributed by atoms with E-state index in [1.807, 2.05) is 74.5 Å². The Bertz CT molecular complexity index is 1180. The normalized spacial score (nSPS) is 11.5.